The second-order valence-corrected chi connectivity index (χ2v) is 7.47. The fourth-order valence-corrected chi connectivity index (χ4v) is 3.66. The zero-order valence-electron chi connectivity index (χ0n) is 12.5. The lowest BCUT2D eigenvalue weighted by Gasteiger charge is -2.24. The van der Waals surface area contributed by atoms with Gasteiger partial charge >= 0.3 is 0 Å². The summed E-state index contributed by atoms with van der Waals surface area (Å²) in [6.45, 7) is 1.85. The third kappa shape index (κ3) is 3.83. The lowest BCUT2D eigenvalue weighted by molar-refractivity contribution is 0.0628. The SMILES string of the molecule is CN(CCC1CCOCC1)S(=O)(=O)c1ccc(F)c(C#N)c1. The molecule has 1 aliphatic heterocycles. The molecule has 2 rings (SSSR count). The number of hydrogen-bond donors (Lipinski definition) is 0. The average molecular weight is 326 g/mol. The molecule has 120 valence electrons. The summed E-state index contributed by atoms with van der Waals surface area (Å²) in [5.41, 5.74) is -0.265. The first-order valence-electron chi connectivity index (χ1n) is 7.19. The van der Waals surface area contributed by atoms with Crippen LogP contribution in [-0.2, 0) is 14.8 Å². The highest BCUT2D eigenvalue weighted by molar-refractivity contribution is 7.89. The van der Waals surface area contributed by atoms with Gasteiger partial charge in [0.15, 0.2) is 0 Å². The molecular formula is C15H19FN2O3S. The number of sulfonamides is 1. The van der Waals surface area contributed by atoms with E-state index in [9.17, 15) is 12.8 Å². The van der Waals surface area contributed by atoms with Crippen molar-refractivity contribution >= 4 is 10.0 Å². The number of ether oxygens (including phenoxy) is 1. The largest absolute Gasteiger partial charge is 0.381 e. The van der Waals surface area contributed by atoms with Crippen LogP contribution < -0.4 is 0 Å². The summed E-state index contributed by atoms with van der Waals surface area (Å²) >= 11 is 0. The Morgan fingerprint density at radius 3 is 2.73 bits per heavy atom. The van der Waals surface area contributed by atoms with Crippen molar-refractivity contribution in [3.8, 4) is 6.07 Å². The molecule has 1 aliphatic rings. The Morgan fingerprint density at radius 1 is 1.41 bits per heavy atom. The molecule has 0 bridgehead atoms. The molecule has 0 atom stereocenters. The highest BCUT2D eigenvalue weighted by Crippen LogP contribution is 2.22. The van der Waals surface area contributed by atoms with Crippen LogP contribution in [0.2, 0.25) is 0 Å². The van der Waals surface area contributed by atoms with Crippen LogP contribution >= 0.6 is 0 Å². The maximum absolute atomic E-state index is 13.3. The monoisotopic (exact) mass is 326 g/mol. The fraction of sp³-hybridized carbons (Fsp3) is 0.533. The maximum atomic E-state index is 13.3. The summed E-state index contributed by atoms with van der Waals surface area (Å²) in [7, 11) is -2.20. The van der Waals surface area contributed by atoms with E-state index in [0.29, 0.717) is 12.5 Å². The van der Waals surface area contributed by atoms with E-state index < -0.39 is 15.8 Å². The first-order chi connectivity index (χ1) is 10.4. The Kier molecular flexibility index (Phi) is 5.51. The summed E-state index contributed by atoms with van der Waals surface area (Å²) in [5.74, 6) is -0.249. The first-order valence-corrected chi connectivity index (χ1v) is 8.63. The van der Waals surface area contributed by atoms with E-state index in [0.717, 1.165) is 44.6 Å². The minimum Gasteiger partial charge on any atom is -0.381 e. The number of nitrogens with zero attached hydrogens (tertiary/aromatic N) is 2. The molecule has 0 spiro atoms. The Balaban J connectivity index is 2.07. The van der Waals surface area contributed by atoms with Crippen molar-refractivity contribution in [3.63, 3.8) is 0 Å². The zero-order chi connectivity index (χ0) is 16.2. The smallest absolute Gasteiger partial charge is 0.242 e. The number of rotatable bonds is 5. The molecule has 7 heteroatoms. The molecule has 1 aromatic carbocycles. The van der Waals surface area contributed by atoms with E-state index in [2.05, 4.69) is 0 Å². The van der Waals surface area contributed by atoms with Crippen molar-refractivity contribution in [1.82, 2.24) is 4.31 Å². The molecule has 0 N–H and O–H groups in total. The number of halogens is 1. The van der Waals surface area contributed by atoms with Crippen molar-refractivity contribution in [2.45, 2.75) is 24.2 Å². The lowest BCUT2D eigenvalue weighted by atomic mass is 9.97. The minimum atomic E-state index is -3.70. The normalized spacial score (nSPS) is 16.6. The molecule has 22 heavy (non-hydrogen) atoms. The van der Waals surface area contributed by atoms with Crippen molar-refractivity contribution in [3.05, 3.63) is 29.6 Å². The van der Waals surface area contributed by atoms with Gasteiger partial charge in [-0.2, -0.15) is 5.26 Å². The molecule has 5 nitrogen and oxygen atoms in total. The van der Waals surface area contributed by atoms with E-state index >= 15 is 0 Å². The minimum absolute atomic E-state index is 0.0556. The van der Waals surface area contributed by atoms with Gasteiger partial charge in [-0.3, -0.25) is 0 Å². The molecule has 1 saturated heterocycles. The number of benzene rings is 1. The molecule has 0 amide bonds. The van der Waals surface area contributed by atoms with Crippen LogP contribution in [0.25, 0.3) is 0 Å². The van der Waals surface area contributed by atoms with E-state index in [1.165, 1.54) is 17.4 Å². The van der Waals surface area contributed by atoms with E-state index in [1.807, 2.05) is 0 Å². The predicted molar refractivity (Wildman–Crippen MR) is 79.1 cm³/mol. The van der Waals surface area contributed by atoms with Crippen LogP contribution in [0.4, 0.5) is 4.39 Å². The summed E-state index contributed by atoms with van der Waals surface area (Å²) < 4.78 is 44.8. The van der Waals surface area contributed by atoms with E-state index in [-0.39, 0.29) is 10.5 Å². The second-order valence-electron chi connectivity index (χ2n) is 5.42. The quantitative estimate of drug-likeness (QED) is 0.831. The topological polar surface area (TPSA) is 70.4 Å². The van der Waals surface area contributed by atoms with Crippen LogP contribution in [0.15, 0.2) is 23.1 Å². The molecule has 0 aromatic heterocycles. The molecule has 0 aliphatic carbocycles. The van der Waals surface area contributed by atoms with Gasteiger partial charge in [-0.15, -0.1) is 0 Å². The molecule has 0 saturated carbocycles. The van der Waals surface area contributed by atoms with Gasteiger partial charge in [0, 0.05) is 26.8 Å². The average Bonchev–Trinajstić information content (AvgIpc) is 2.53. The number of hydrogen-bond acceptors (Lipinski definition) is 4. The highest BCUT2D eigenvalue weighted by atomic mass is 32.2. The second kappa shape index (κ2) is 7.18. The summed E-state index contributed by atoms with van der Waals surface area (Å²) in [5, 5.41) is 8.81. The Bertz CT molecular complexity index is 664. The lowest BCUT2D eigenvalue weighted by Crippen LogP contribution is -2.30. The van der Waals surface area contributed by atoms with Crippen LogP contribution in [0, 0.1) is 23.1 Å². The van der Waals surface area contributed by atoms with E-state index in [1.54, 1.807) is 6.07 Å². The highest BCUT2D eigenvalue weighted by Gasteiger charge is 2.23. The van der Waals surface area contributed by atoms with Gasteiger partial charge in [0.05, 0.1) is 10.5 Å². The predicted octanol–water partition coefficient (Wildman–Crippen LogP) is 2.13. The Morgan fingerprint density at radius 2 is 2.09 bits per heavy atom. The molecule has 1 aromatic rings. The zero-order valence-corrected chi connectivity index (χ0v) is 13.3. The molecule has 0 unspecified atom stereocenters. The van der Waals surface area contributed by atoms with Crippen LogP contribution in [-0.4, -0.2) is 39.5 Å². The standard InChI is InChI=1S/C15H19FN2O3S/c1-18(7-4-12-5-8-21-9-6-12)22(19,20)14-2-3-15(16)13(10-14)11-17/h2-3,10,12H,4-9H2,1H3. The van der Waals surface area contributed by atoms with Crippen LogP contribution in [0.1, 0.15) is 24.8 Å². The molecule has 1 heterocycles. The fourth-order valence-electron chi connectivity index (χ4n) is 2.45. The Hall–Kier alpha value is -1.49. The van der Waals surface area contributed by atoms with Gasteiger partial charge in [-0.1, -0.05) is 0 Å². The van der Waals surface area contributed by atoms with Gasteiger partial charge in [0.2, 0.25) is 10.0 Å². The van der Waals surface area contributed by atoms with Gasteiger partial charge in [-0.05, 0) is 43.4 Å². The summed E-state index contributed by atoms with van der Waals surface area (Å²) in [6.07, 6.45) is 2.66. The molecule has 1 fully saturated rings. The first kappa shape index (κ1) is 16.9. The van der Waals surface area contributed by atoms with Crippen molar-refractivity contribution in [2.24, 2.45) is 5.92 Å². The third-order valence-electron chi connectivity index (χ3n) is 3.96. The van der Waals surface area contributed by atoms with Crippen molar-refractivity contribution in [2.75, 3.05) is 26.8 Å². The Labute approximate surface area is 130 Å². The van der Waals surface area contributed by atoms with E-state index in [4.69, 9.17) is 10.00 Å². The summed E-state index contributed by atoms with van der Waals surface area (Å²) in [4.78, 5) is -0.0556. The van der Waals surface area contributed by atoms with Gasteiger partial charge in [0.1, 0.15) is 11.9 Å². The van der Waals surface area contributed by atoms with Crippen LogP contribution in [0.5, 0.6) is 0 Å². The van der Waals surface area contributed by atoms with Crippen molar-refractivity contribution < 1.29 is 17.5 Å². The van der Waals surface area contributed by atoms with Gasteiger partial charge < -0.3 is 4.74 Å². The maximum Gasteiger partial charge on any atom is 0.242 e. The molecule has 0 radical (unpaired) electrons. The number of nitriles is 1. The van der Waals surface area contributed by atoms with Crippen LogP contribution in [0.3, 0.4) is 0 Å². The third-order valence-corrected chi connectivity index (χ3v) is 5.81. The van der Waals surface area contributed by atoms with Gasteiger partial charge in [0.25, 0.3) is 0 Å². The van der Waals surface area contributed by atoms with Gasteiger partial charge in [-0.25, -0.2) is 17.1 Å². The summed E-state index contributed by atoms with van der Waals surface area (Å²) in [6, 6.07) is 4.94. The molecular weight excluding hydrogens is 307 g/mol. The van der Waals surface area contributed by atoms with Crippen molar-refractivity contribution in [1.29, 1.82) is 5.26 Å².